The van der Waals surface area contributed by atoms with Crippen LogP contribution in [0.15, 0.2) is 34.9 Å². The highest BCUT2D eigenvalue weighted by molar-refractivity contribution is 7.91. The average Bonchev–Trinajstić information content (AvgIpc) is 3.23. The van der Waals surface area contributed by atoms with E-state index >= 15 is 0 Å². The second-order valence-electron chi connectivity index (χ2n) is 6.48. The molecule has 0 atom stereocenters. The molecule has 0 N–H and O–H groups in total. The summed E-state index contributed by atoms with van der Waals surface area (Å²) in [6.45, 7) is 3.03. The fraction of sp³-hybridized carbons (Fsp3) is 0.353. The molecule has 0 spiro atoms. The first-order chi connectivity index (χ1) is 12.9. The van der Waals surface area contributed by atoms with Crippen LogP contribution in [0, 0.1) is 6.92 Å². The lowest BCUT2D eigenvalue weighted by Gasteiger charge is -2.27. The molecule has 0 radical (unpaired) electrons. The van der Waals surface area contributed by atoms with Gasteiger partial charge in [-0.25, -0.2) is 8.42 Å². The van der Waals surface area contributed by atoms with Crippen molar-refractivity contribution in [3.63, 3.8) is 0 Å². The number of aromatic nitrogens is 4. The van der Waals surface area contributed by atoms with E-state index in [0.29, 0.717) is 36.4 Å². The second-order valence-corrected chi connectivity index (χ2v) is 9.22. The molecular weight excluding hydrogens is 390 g/mol. The summed E-state index contributed by atoms with van der Waals surface area (Å²) in [4.78, 5) is 1.94. The van der Waals surface area contributed by atoms with Crippen LogP contribution in [0.4, 0.5) is 5.95 Å². The topological polar surface area (TPSA) is 94.1 Å². The van der Waals surface area contributed by atoms with Gasteiger partial charge in [0.05, 0.1) is 18.1 Å². The number of halogens is 1. The number of hydrogen-bond donors (Lipinski definition) is 0. The fourth-order valence-electron chi connectivity index (χ4n) is 3.05. The standard InChI is InChI=1S/C17H18ClN5O3S/c1-12-10-15(21-26-12)11-23-16(13-2-4-14(18)5-3-13)19-20-17(23)22-6-8-27(24,25)9-7-22/h2-5,10H,6-9,11H2,1H3. The van der Waals surface area contributed by atoms with Gasteiger partial charge >= 0.3 is 0 Å². The summed E-state index contributed by atoms with van der Waals surface area (Å²) in [5, 5.41) is 13.4. The number of rotatable bonds is 4. The van der Waals surface area contributed by atoms with E-state index in [9.17, 15) is 8.42 Å². The van der Waals surface area contributed by atoms with Gasteiger partial charge in [-0.15, -0.1) is 10.2 Å². The zero-order valence-electron chi connectivity index (χ0n) is 14.7. The lowest BCUT2D eigenvalue weighted by molar-refractivity contribution is 0.389. The van der Waals surface area contributed by atoms with Gasteiger partial charge in [-0.05, 0) is 31.2 Å². The van der Waals surface area contributed by atoms with Gasteiger partial charge in [0.25, 0.3) is 0 Å². The van der Waals surface area contributed by atoms with Crippen molar-refractivity contribution in [2.45, 2.75) is 13.5 Å². The van der Waals surface area contributed by atoms with Crippen molar-refractivity contribution in [3.8, 4) is 11.4 Å². The highest BCUT2D eigenvalue weighted by Gasteiger charge is 2.27. The van der Waals surface area contributed by atoms with Gasteiger partial charge < -0.3 is 9.42 Å². The summed E-state index contributed by atoms with van der Waals surface area (Å²) in [5.74, 6) is 2.22. The Morgan fingerprint density at radius 3 is 2.48 bits per heavy atom. The summed E-state index contributed by atoms with van der Waals surface area (Å²) in [6.07, 6.45) is 0. The third-order valence-electron chi connectivity index (χ3n) is 4.46. The molecule has 1 aliphatic rings. The molecule has 2 aromatic heterocycles. The van der Waals surface area contributed by atoms with E-state index in [1.165, 1.54) is 0 Å². The quantitative estimate of drug-likeness (QED) is 0.654. The highest BCUT2D eigenvalue weighted by Crippen LogP contribution is 2.26. The van der Waals surface area contributed by atoms with Crippen LogP contribution in [0.1, 0.15) is 11.5 Å². The van der Waals surface area contributed by atoms with Gasteiger partial charge in [0.2, 0.25) is 5.95 Å². The van der Waals surface area contributed by atoms with Crippen molar-refractivity contribution in [2.24, 2.45) is 0 Å². The lowest BCUT2D eigenvalue weighted by Crippen LogP contribution is -2.41. The van der Waals surface area contributed by atoms with Crippen molar-refractivity contribution in [3.05, 3.63) is 46.8 Å². The molecule has 0 saturated carbocycles. The normalized spacial score (nSPS) is 16.6. The first kappa shape index (κ1) is 18.0. The van der Waals surface area contributed by atoms with E-state index in [4.69, 9.17) is 16.1 Å². The Kier molecular flexibility index (Phi) is 4.65. The summed E-state index contributed by atoms with van der Waals surface area (Å²) in [5.41, 5.74) is 1.61. The van der Waals surface area contributed by atoms with E-state index in [1.54, 1.807) is 12.1 Å². The van der Waals surface area contributed by atoms with E-state index in [-0.39, 0.29) is 11.5 Å². The Labute approximate surface area is 161 Å². The highest BCUT2D eigenvalue weighted by atomic mass is 35.5. The maximum atomic E-state index is 11.8. The number of sulfone groups is 1. The van der Waals surface area contributed by atoms with Crippen molar-refractivity contribution in [1.82, 2.24) is 19.9 Å². The van der Waals surface area contributed by atoms with E-state index in [0.717, 1.165) is 17.0 Å². The van der Waals surface area contributed by atoms with Gasteiger partial charge in [0, 0.05) is 29.7 Å². The van der Waals surface area contributed by atoms with Crippen molar-refractivity contribution < 1.29 is 12.9 Å². The summed E-state index contributed by atoms with van der Waals surface area (Å²) in [7, 11) is -2.98. The SMILES string of the molecule is Cc1cc(Cn2c(-c3ccc(Cl)cc3)nnc2N2CCS(=O)(=O)CC2)no1. The maximum absolute atomic E-state index is 11.8. The molecule has 3 heterocycles. The molecule has 1 aromatic carbocycles. The Morgan fingerprint density at radius 2 is 1.85 bits per heavy atom. The van der Waals surface area contributed by atoms with Gasteiger partial charge in [-0.2, -0.15) is 0 Å². The maximum Gasteiger partial charge on any atom is 0.227 e. The molecule has 8 nitrogen and oxygen atoms in total. The second kappa shape index (κ2) is 6.97. The molecule has 0 unspecified atom stereocenters. The third-order valence-corrected chi connectivity index (χ3v) is 6.32. The van der Waals surface area contributed by atoms with Crippen molar-refractivity contribution >= 4 is 27.4 Å². The van der Waals surface area contributed by atoms with E-state index < -0.39 is 9.84 Å². The Hall–Kier alpha value is -2.39. The molecule has 1 aliphatic heterocycles. The molecule has 4 rings (SSSR count). The summed E-state index contributed by atoms with van der Waals surface area (Å²) >= 11 is 5.99. The zero-order chi connectivity index (χ0) is 19.0. The Balaban J connectivity index is 1.73. The molecular formula is C17H18ClN5O3S. The van der Waals surface area contributed by atoms with Crippen LogP contribution in [-0.4, -0.2) is 52.9 Å². The minimum absolute atomic E-state index is 0.110. The number of hydrogen-bond acceptors (Lipinski definition) is 7. The molecule has 0 aliphatic carbocycles. The largest absolute Gasteiger partial charge is 0.361 e. The van der Waals surface area contributed by atoms with E-state index in [1.807, 2.05) is 34.6 Å². The van der Waals surface area contributed by atoms with Crippen LogP contribution >= 0.6 is 11.6 Å². The van der Waals surface area contributed by atoms with Crippen molar-refractivity contribution in [1.29, 1.82) is 0 Å². The third kappa shape index (κ3) is 3.84. The first-order valence-electron chi connectivity index (χ1n) is 8.48. The Bertz CT molecular complexity index is 1040. The van der Waals surface area contributed by atoms with Crippen LogP contribution in [0.2, 0.25) is 5.02 Å². The molecule has 1 fully saturated rings. The van der Waals surface area contributed by atoms with Gasteiger partial charge in [-0.1, -0.05) is 16.8 Å². The van der Waals surface area contributed by atoms with Crippen molar-refractivity contribution in [2.75, 3.05) is 29.5 Å². The monoisotopic (exact) mass is 407 g/mol. The minimum Gasteiger partial charge on any atom is -0.361 e. The predicted octanol–water partition coefficient (Wildman–Crippen LogP) is 2.18. The molecule has 1 saturated heterocycles. The number of nitrogens with zero attached hydrogens (tertiary/aromatic N) is 5. The van der Waals surface area contributed by atoms with Crippen LogP contribution in [0.25, 0.3) is 11.4 Å². The fourth-order valence-corrected chi connectivity index (χ4v) is 4.38. The first-order valence-corrected chi connectivity index (χ1v) is 10.7. The number of benzene rings is 1. The molecule has 27 heavy (non-hydrogen) atoms. The number of aryl methyl sites for hydroxylation is 1. The van der Waals surface area contributed by atoms with E-state index in [2.05, 4.69) is 15.4 Å². The number of anilines is 1. The molecule has 3 aromatic rings. The van der Waals surface area contributed by atoms with Crippen LogP contribution in [-0.2, 0) is 16.4 Å². The molecule has 0 bridgehead atoms. The Morgan fingerprint density at radius 1 is 1.15 bits per heavy atom. The zero-order valence-corrected chi connectivity index (χ0v) is 16.2. The summed E-state index contributed by atoms with van der Waals surface area (Å²) in [6, 6.07) is 9.20. The molecule has 0 amide bonds. The van der Waals surface area contributed by atoms with Gasteiger partial charge in [0.15, 0.2) is 15.7 Å². The van der Waals surface area contributed by atoms with Gasteiger partial charge in [0.1, 0.15) is 11.5 Å². The predicted molar refractivity (Wildman–Crippen MR) is 102 cm³/mol. The smallest absolute Gasteiger partial charge is 0.227 e. The van der Waals surface area contributed by atoms with Crippen LogP contribution in [0.5, 0.6) is 0 Å². The average molecular weight is 408 g/mol. The molecule has 142 valence electrons. The van der Waals surface area contributed by atoms with Crippen LogP contribution < -0.4 is 4.90 Å². The molecule has 10 heteroatoms. The van der Waals surface area contributed by atoms with Gasteiger partial charge in [-0.3, -0.25) is 4.57 Å². The van der Waals surface area contributed by atoms with Crippen LogP contribution in [0.3, 0.4) is 0 Å². The minimum atomic E-state index is -2.98. The summed E-state index contributed by atoms with van der Waals surface area (Å²) < 4.78 is 30.6. The lowest BCUT2D eigenvalue weighted by atomic mass is 10.2.